The first kappa shape index (κ1) is 38.4. The molecule has 0 saturated carbocycles. The Morgan fingerprint density at radius 3 is 2.58 bits per heavy atom. The van der Waals surface area contributed by atoms with Gasteiger partial charge in [-0.15, -0.1) is 0 Å². The van der Waals surface area contributed by atoms with Crippen LogP contribution in [0, 0.1) is 24.2 Å². The van der Waals surface area contributed by atoms with Crippen LogP contribution in [-0.2, 0) is 25.7 Å². The molecule has 2 aromatic heterocycles. The Balaban J connectivity index is 1.07. The van der Waals surface area contributed by atoms with Crippen LogP contribution in [0.25, 0.3) is 44.2 Å². The smallest absolute Gasteiger partial charge is 0.407 e. The quantitative estimate of drug-likeness (QED) is 0.132. The van der Waals surface area contributed by atoms with Crippen molar-refractivity contribution in [3.8, 4) is 28.1 Å². The third-order valence-corrected chi connectivity index (χ3v) is 11.8. The summed E-state index contributed by atoms with van der Waals surface area (Å²) in [5.74, 6) is 2.34. The van der Waals surface area contributed by atoms with E-state index in [1.54, 1.807) is 13.5 Å². The second-order valence-corrected chi connectivity index (χ2v) is 16.5. The Morgan fingerprint density at radius 2 is 1.82 bits per heavy atom. The Kier molecular flexibility index (Phi) is 10.4. The summed E-state index contributed by atoms with van der Waals surface area (Å²) in [5, 5.41) is 4.75. The number of fused-ring (bicyclic) bond motifs is 6. The van der Waals surface area contributed by atoms with E-state index in [9.17, 15) is 14.4 Å². The average molecular weight is 775 g/mol. The first-order chi connectivity index (χ1) is 27.4. The third-order valence-electron chi connectivity index (χ3n) is 11.8. The number of carbonyl (C=O) groups excluding carboxylic acids is 3. The number of likely N-dealkylation sites (tertiary alicyclic amines) is 2. The standard InChI is InChI=1S/C44H52N7O6/c1-23(2)14-38(52)51-25(5)8-13-35(51)41-45-19-34(47-41)28-9-11-30-29(16-28)22-57-37-18-31-27(17-32(30)37)10-12-33-40(31)48-42(46-33)36-15-26(21-55-6)20-50(36)43(53)39(24(3)4)49-44(54)56-7/h9-12,14,16-19,23-26,35-36,39H,8,13,15,20-22H2,1-7H3,(H,45,47)(H,46,48)(H,49,54)/t25-,26-,35-,36-,39-/m0/s1. The van der Waals surface area contributed by atoms with Gasteiger partial charge in [-0.25, -0.2) is 14.8 Å². The molecule has 0 unspecified atom stereocenters. The number of carbonyl (C=O) groups is 3. The van der Waals surface area contributed by atoms with E-state index in [4.69, 9.17) is 24.2 Å². The summed E-state index contributed by atoms with van der Waals surface area (Å²) in [6.45, 7) is 11.4. The molecule has 3 amide bonds. The minimum Gasteiger partial charge on any atom is -0.488 e. The second-order valence-electron chi connectivity index (χ2n) is 16.5. The van der Waals surface area contributed by atoms with Gasteiger partial charge in [0.15, 0.2) is 0 Å². The van der Waals surface area contributed by atoms with Crippen molar-refractivity contribution >= 4 is 39.7 Å². The van der Waals surface area contributed by atoms with Crippen molar-refractivity contribution in [2.24, 2.45) is 17.8 Å². The molecule has 299 valence electrons. The molecule has 8 rings (SSSR count). The summed E-state index contributed by atoms with van der Waals surface area (Å²) in [6, 6.07) is 13.8. The lowest BCUT2D eigenvalue weighted by Crippen LogP contribution is -2.51. The van der Waals surface area contributed by atoms with Gasteiger partial charge in [-0.3, -0.25) is 9.59 Å². The van der Waals surface area contributed by atoms with Crippen LogP contribution in [0.5, 0.6) is 5.75 Å². The topological polar surface area (TPSA) is 155 Å². The van der Waals surface area contributed by atoms with E-state index in [0.717, 1.165) is 74.2 Å². The van der Waals surface area contributed by atoms with Crippen molar-refractivity contribution < 1.29 is 28.6 Å². The van der Waals surface area contributed by atoms with Crippen LogP contribution in [0.15, 0.2) is 48.7 Å². The fourth-order valence-corrected chi connectivity index (χ4v) is 8.95. The van der Waals surface area contributed by atoms with Gasteiger partial charge in [0.1, 0.15) is 30.0 Å². The molecule has 5 atom stereocenters. The number of rotatable bonds is 10. The molecule has 3 N–H and O–H groups in total. The Hall–Kier alpha value is -5.43. The molecular formula is C44H52N7O6. The van der Waals surface area contributed by atoms with Crippen molar-refractivity contribution in [3.63, 3.8) is 0 Å². The number of H-pyrrole nitrogens is 2. The number of benzene rings is 3. The monoisotopic (exact) mass is 774 g/mol. The van der Waals surface area contributed by atoms with E-state index in [0.29, 0.717) is 32.0 Å². The summed E-state index contributed by atoms with van der Waals surface area (Å²) in [4.78, 5) is 60.0. The zero-order chi connectivity index (χ0) is 40.1. The van der Waals surface area contributed by atoms with Gasteiger partial charge < -0.3 is 39.3 Å². The Labute approximate surface area is 332 Å². The molecule has 3 aliphatic heterocycles. The van der Waals surface area contributed by atoms with E-state index in [-0.39, 0.29) is 47.7 Å². The molecule has 13 heteroatoms. The molecular weight excluding hydrogens is 723 g/mol. The zero-order valence-corrected chi connectivity index (χ0v) is 33.7. The highest BCUT2D eigenvalue weighted by atomic mass is 16.5. The predicted molar refractivity (Wildman–Crippen MR) is 217 cm³/mol. The minimum atomic E-state index is -0.747. The first-order valence-electron chi connectivity index (χ1n) is 20.0. The van der Waals surface area contributed by atoms with Gasteiger partial charge in [-0.1, -0.05) is 45.9 Å². The number of hydrogen-bond acceptors (Lipinski definition) is 8. The van der Waals surface area contributed by atoms with Gasteiger partial charge in [0, 0.05) is 36.6 Å². The van der Waals surface area contributed by atoms with Gasteiger partial charge in [-0.2, -0.15) is 0 Å². The minimum absolute atomic E-state index is 0.0680. The second kappa shape index (κ2) is 15.5. The Bertz CT molecular complexity index is 2330. The first-order valence-corrected chi connectivity index (χ1v) is 20.0. The van der Waals surface area contributed by atoms with Crippen LogP contribution >= 0.6 is 0 Å². The van der Waals surface area contributed by atoms with E-state index in [1.807, 2.05) is 49.8 Å². The van der Waals surface area contributed by atoms with E-state index in [2.05, 4.69) is 58.6 Å². The summed E-state index contributed by atoms with van der Waals surface area (Å²) in [6.07, 6.45) is 5.52. The Morgan fingerprint density at radius 1 is 1.00 bits per heavy atom. The van der Waals surface area contributed by atoms with Gasteiger partial charge >= 0.3 is 6.09 Å². The van der Waals surface area contributed by atoms with Crippen molar-refractivity contribution in [2.75, 3.05) is 27.4 Å². The van der Waals surface area contributed by atoms with Gasteiger partial charge in [0.05, 0.1) is 55.1 Å². The van der Waals surface area contributed by atoms with Crippen LogP contribution in [0.4, 0.5) is 4.79 Å². The molecule has 3 aromatic carbocycles. The molecule has 1 radical (unpaired) electrons. The van der Waals surface area contributed by atoms with Gasteiger partial charge in [0.25, 0.3) is 0 Å². The highest BCUT2D eigenvalue weighted by Crippen LogP contribution is 2.44. The lowest BCUT2D eigenvalue weighted by molar-refractivity contribution is -0.135. The molecule has 0 aliphatic carbocycles. The predicted octanol–water partition coefficient (Wildman–Crippen LogP) is 7.49. The molecule has 5 aromatic rings. The van der Waals surface area contributed by atoms with Gasteiger partial charge in [-0.05, 0) is 84.4 Å². The van der Waals surface area contributed by atoms with Crippen molar-refractivity contribution in [1.29, 1.82) is 0 Å². The molecule has 2 fully saturated rings. The summed E-state index contributed by atoms with van der Waals surface area (Å²) < 4.78 is 16.8. The highest BCUT2D eigenvalue weighted by Gasteiger charge is 2.42. The maximum atomic E-state index is 14.0. The van der Waals surface area contributed by atoms with E-state index >= 15 is 0 Å². The number of methoxy groups -OCH3 is 2. The van der Waals surface area contributed by atoms with Crippen molar-refractivity contribution in [2.45, 2.75) is 84.7 Å². The summed E-state index contributed by atoms with van der Waals surface area (Å²) in [7, 11) is 2.96. The third kappa shape index (κ3) is 7.22. The van der Waals surface area contributed by atoms with Gasteiger partial charge in [0.2, 0.25) is 11.8 Å². The highest BCUT2D eigenvalue weighted by molar-refractivity contribution is 6.07. The van der Waals surface area contributed by atoms with Crippen LogP contribution in [0.3, 0.4) is 0 Å². The van der Waals surface area contributed by atoms with Crippen LogP contribution in [0.1, 0.15) is 83.2 Å². The molecule has 2 saturated heterocycles. The number of imidazole rings is 2. The SMILES string of the molecule is COC[C@H]1C[C@@H](c2nc3ccc4cc5c(cc4c3[nH]2)OCc2cc(-c3cnc([C@@H]4CC[C@H](C)N4C(=O)[CH]C(C)C)[nH]3)ccc2-5)N(C(=O)[C@@H](NC(=O)OC)C(C)C)C1. The molecule has 0 spiro atoms. The summed E-state index contributed by atoms with van der Waals surface area (Å²) >= 11 is 0. The van der Waals surface area contributed by atoms with E-state index in [1.165, 1.54) is 7.11 Å². The number of aromatic nitrogens is 4. The van der Waals surface area contributed by atoms with E-state index < -0.39 is 12.1 Å². The van der Waals surface area contributed by atoms with Crippen LogP contribution < -0.4 is 10.1 Å². The fourth-order valence-electron chi connectivity index (χ4n) is 8.95. The number of hydrogen-bond donors (Lipinski definition) is 3. The van der Waals surface area contributed by atoms with Crippen LogP contribution in [-0.4, -0.2) is 87.1 Å². The number of alkyl carbamates (subject to hydrolysis) is 1. The number of nitrogens with one attached hydrogen (secondary N) is 3. The summed E-state index contributed by atoms with van der Waals surface area (Å²) in [5.41, 5.74) is 6.80. The van der Waals surface area contributed by atoms with Crippen molar-refractivity contribution in [1.82, 2.24) is 35.1 Å². The largest absolute Gasteiger partial charge is 0.488 e. The lowest BCUT2D eigenvalue weighted by atomic mass is 9.92. The lowest BCUT2D eigenvalue weighted by Gasteiger charge is -2.30. The molecule has 13 nitrogen and oxygen atoms in total. The average Bonchev–Trinajstić information content (AvgIpc) is 4.01. The number of amides is 3. The maximum Gasteiger partial charge on any atom is 0.407 e. The fraction of sp³-hybridized carbons (Fsp3) is 0.455. The zero-order valence-electron chi connectivity index (χ0n) is 33.7. The molecule has 0 bridgehead atoms. The normalized spacial score (nSPS) is 20.9. The molecule has 57 heavy (non-hydrogen) atoms. The molecule has 5 heterocycles. The molecule has 3 aliphatic rings. The maximum absolute atomic E-state index is 14.0. The number of aromatic amines is 2. The number of nitrogens with zero attached hydrogens (tertiary/aromatic N) is 4. The number of ether oxygens (including phenoxy) is 3. The van der Waals surface area contributed by atoms with Crippen molar-refractivity contribution in [3.05, 3.63) is 72.3 Å². The van der Waals surface area contributed by atoms with Crippen LogP contribution in [0.2, 0.25) is 0 Å².